The van der Waals surface area contributed by atoms with Crippen LogP contribution in [0.3, 0.4) is 0 Å². The Labute approximate surface area is 121 Å². The van der Waals surface area contributed by atoms with Gasteiger partial charge in [-0.15, -0.1) is 0 Å². The Balaban J connectivity index is 2.13. The van der Waals surface area contributed by atoms with Crippen molar-refractivity contribution in [3.63, 3.8) is 0 Å². The molecular formula is C14H15N3O4. The Bertz CT molecular complexity index is 629. The molecule has 0 aliphatic carbocycles. The second kappa shape index (κ2) is 6.67. The van der Waals surface area contributed by atoms with Gasteiger partial charge in [0, 0.05) is 24.2 Å². The summed E-state index contributed by atoms with van der Waals surface area (Å²) in [6.45, 7) is 0.507. The van der Waals surface area contributed by atoms with Crippen LogP contribution in [0, 0.1) is 10.1 Å². The molecule has 0 fully saturated rings. The molecule has 0 radical (unpaired) electrons. The third kappa shape index (κ3) is 3.67. The van der Waals surface area contributed by atoms with Crippen LogP contribution in [0.25, 0.3) is 0 Å². The molecule has 0 aliphatic rings. The minimum Gasteiger partial charge on any atom is -0.496 e. The maximum Gasteiger partial charge on any atom is 0.270 e. The normalized spacial score (nSPS) is 10.2. The number of aromatic nitrogens is 1. The first-order chi connectivity index (χ1) is 10.1. The molecule has 0 bridgehead atoms. The zero-order valence-corrected chi connectivity index (χ0v) is 11.5. The van der Waals surface area contributed by atoms with E-state index in [9.17, 15) is 10.1 Å². The van der Waals surface area contributed by atoms with E-state index in [-0.39, 0.29) is 12.3 Å². The van der Waals surface area contributed by atoms with Gasteiger partial charge in [0.25, 0.3) is 5.69 Å². The van der Waals surface area contributed by atoms with Gasteiger partial charge in [-0.25, -0.2) is 0 Å². The minimum atomic E-state index is -0.458. The Kier molecular flexibility index (Phi) is 4.68. The SMILES string of the molecule is COc1ccc([N+](=O)[O-])cc1COc1ccc(CN)nc1. The average Bonchev–Trinajstić information content (AvgIpc) is 2.53. The second-order valence-corrected chi connectivity index (χ2v) is 4.23. The number of ether oxygens (including phenoxy) is 2. The zero-order chi connectivity index (χ0) is 15.2. The first kappa shape index (κ1) is 14.7. The number of rotatable bonds is 6. The fourth-order valence-electron chi connectivity index (χ4n) is 1.77. The van der Waals surface area contributed by atoms with Crippen LogP contribution >= 0.6 is 0 Å². The van der Waals surface area contributed by atoms with Gasteiger partial charge in [0.1, 0.15) is 18.1 Å². The Morgan fingerprint density at radius 2 is 2.14 bits per heavy atom. The monoisotopic (exact) mass is 289 g/mol. The van der Waals surface area contributed by atoms with Crippen molar-refractivity contribution in [2.24, 2.45) is 5.73 Å². The third-order valence-electron chi connectivity index (χ3n) is 2.88. The van der Waals surface area contributed by atoms with E-state index < -0.39 is 4.92 Å². The molecule has 7 nitrogen and oxygen atoms in total. The number of nitro groups is 1. The Hall–Kier alpha value is -2.67. The van der Waals surface area contributed by atoms with Crippen LogP contribution in [-0.2, 0) is 13.2 Å². The molecule has 2 N–H and O–H groups in total. The maximum absolute atomic E-state index is 10.8. The molecule has 2 rings (SSSR count). The lowest BCUT2D eigenvalue weighted by atomic mass is 10.2. The van der Waals surface area contributed by atoms with Crippen LogP contribution in [-0.4, -0.2) is 17.0 Å². The number of hydrogen-bond donors (Lipinski definition) is 1. The van der Waals surface area contributed by atoms with Crippen LogP contribution in [0.4, 0.5) is 5.69 Å². The van der Waals surface area contributed by atoms with E-state index in [1.807, 2.05) is 0 Å². The topological polar surface area (TPSA) is 101 Å². The fraction of sp³-hybridized carbons (Fsp3) is 0.214. The summed E-state index contributed by atoms with van der Waals surface area (Å²) in [7, 11) is 1.50. The first-order valence-electron chi connectivity index (χ1n) is 6.23. The smallest absolute Gasteiger partial charge is 0.270 e. The summed E-state index contributed by atoms with van der Waals surface area (Å²) in [5, 5.41) is 10.8. The summed E-state index contributed by atoms with van der Waals surface area (Å²) < 4.78 is 10.7. The number of benzene rings is 1. The molecule has 0 atom stereocenters. The number of nitro benzene ring substituents is 1. The molecule has 0 amide bonds. The van der Waals surface area contributed by atoms with Crippen molar-refractivity contribution in [3.05, 3.63) is 57.9 Å². The summed E-state index contributed by atoms with van der Waals surface area (Å²) in [6, 6.07) is 7.88. The van der Waals surface area contributed by atoms with Crippen molar-refractivity contribution in [3.8, 4) is 11.5 Å². The van der Waals surface area contributed by atoms with Crippen molar-refractivity contribution in [2.45, 2.75) is 13.2 Å². The summed E-state index contributed by atoms with van der Waals surface area (Å²) in [6.07, 6.45) is 1.56. The average molecular weight is 289 g/mol. The lowest BCUT2D eigenvalue weighted by molar-refractivity contribution is -0.385. The molecule has 0 saturated carbocycles. The largest absolute Gasteiger partial charge is 0.496 e. The van der Waals surface area contributed by atoms with E-state index in [1.165, 1.54) is 19.2 Å². The van der Waals surface area contributed by atoms with Gasteiger partial charge in [-0.1, -0.05) is 0 Å². The molecular weight excluding hydrogens is 274 g/mol. The summed E-state index contributed by atoms with van der Waals surface area (Å²) in [5.41, 5.74) is 6.81. The van der Waals surface area contributed by atoms with Crippen molar-refractivity contribution >= 4 is 5.69 Å². The summed E-state index contributed by atoms with van der Waals surface area (Å²) in [5.74, 6) is 1.09. The zero-order valence-electron chi connectivity index (χ0n) is 11.5. The van der Waals surface area contributed by atoms with E-state index >= 15 is 0 Å². The Morgan fingerprint density at radius 3 is 2.71 bits per heavy atom. The van der Waals surface area contributed by atoms with Gasteiger partial charge in [0.2, 0.25) is 0 Å². The van der Waals surface area contributed by atoms with Crippen LogP contribution in [0.1, 0.15) is 11.3 Å². The highest BCUT2D eigenvalue weighted by atomic mass is 16.6. The number of pyridine rings is 1. The highest BCUT2D eigenvalue weighted by Crippen LogP contribution is 2.25. The number of nitrogens with two attached hydrogens (primary N) is 1. The Morgan fingerprint density at radius 1 is 1.33 bits per heavy atom. The van der Waals surface area contributed by atoms with E-state index in [0.717, 1.165) is 5.69 Å². The lowest BCUT2D eigenvalue weighted by Crippen LogP contribution is -2.02. The number of non-ortho nitro benzene ring substituents is 1. The van der Waals surface area contributed by atoms with Crippen molar-refractivity contribution in [1.82, 2.24) is 4.98 Å². The third-order valence-corrected chi connectivity index (χ3v) is 2.88. The molecule has 0 spiro atoms. The molecule has 1 heterocycles. The predicted molar refractivity (Wildman–Crippen MR) is 76.1 cm³/mol. The van der Waals surface area contributed by atoms with Crippen molar-refractivity contribution in [2.75, 3.05) is 7.11 Å². The van der Waals surface area contributed by atoms with E-state index in [2.05, 4.69) is 4.98 Å². The minimum absolute atomic E-state index is 0.00833. The second-order valence-electron chi connectivity index (χ2n) is 4.23. The van der Waals surface area contributed by atoms with Gasteiger partial charge in [-0.2, -0.15) is 0 Å². The van der Waals surface area contributed by atoms with Gasteiger partial charge >= 0.3 is 0 Å². The molecule has 21 heavy (non-hydrogen) atoms. The van der Waals surface area contributed by atoms with Crippen LogP contribution < -0.4 is 15.2 Å². The molecule has 1 aromatic heterocycles. The standard InChI is InChI=1S/C14H15N3O4/c1-20-14-5-3-12(17(18)19)6-10(14)9-21-13-4-2-11(7-15)16-8-13/h2-6,8H,7,9,15H2,1H3. The number of methoxy groups -OCH3 is 1. The number of nitrogens with zero attached hydrogens (tertiary/aromatic N) is 2. The van der Waals surface area contributed by atoms with E-state index in [4.69, 9.17) is 15.2 Å². The van der Waals surface area contributed by atoms with Crippen molar-refractivity contribution < 1.29 is 14.4 Å². The van der Waals surface area contributed by atoms with Gasteiger partial charge in [-0.3, -0.25) is 15.1 Å². The quantitative estimate of drug-likeness (QED) is 0.645. The van der Waals surface area contributed by atoms with Crippen LogP contribution in [0.2, 0.25) is 0 Å². The lowest BCUT2D eigenvalue weighted by Gasteiger charge is -2.10. The molecule has 0 saturated heterocycles. The van der Waals surface area contributed by atoms with E-state index in [0.29, 0.717) is 23.6 Å². The molecule has 0 unspecified atom stereocenters. The maximum atomic E-state index is 10.8. The molecule has 2 aromatic rings. The van der Waals surface area contributed by atoms with Gasteiger partial charge in [-0.05, 0) is 18.2 Å². The first-order valence-corrected chi connectivity index (χ1v) is 6.23. The number of hydrogen-bond acceptors (Lipinski definition) is 6. The summed E-state index contributed by atoms with van der Waals surface area (Å²) >= 11 is 0. The van der Waals surface area contributed by atoms with Crippen LogP contribution in [0.5, 0.6) is 11.5 Å². The highest BCUT2D eigenvalue weighted by Gasteiger charge is 2.12. The van der Waals surface area contributed by atoms with Crippen LogP contribution in [0.15, 0.2) is 36.5 Å². The molecule has 1 aromatic carbocycles. The molecule has 0 aliphatic heterocycles. The highest BCUT2D eigenvalue weighted by molar-refractivity contribution is 5.43. The predicted octanol–water partition coefficient (Wildman–Crippen LogP) is 2.04. The van der Waals surface area contributed by atoms with Gasteiger partial charge < -0.3 is 15.2 Å². The molecule has 110 valence electrons. The van der Waals surface area contributed by atoms with Gasteiger partial charge in [0.05, 0.1) is 23.9 Å². The summed E-state index contributed by atoms with van der Waals surface area (Å²) in [4.78, 5) is 14.5. The van der Waals surface area contributed by atoms with Crippen molar-refractivity contribution in [1.29, 1.82) is 0 Å². The fourth-order valence-corrected chi connectivity index (χ4v) is 1.77. The van der Waals surface area contributed by atoms with Gasteiger partial charge in [0.15, 0.2) is 0 Å². The molecule has 7 heteroatoms. The van der Waals surface area contributed by atoms with E-state index in [1.54, 1.807) is 24.4 Å².